The molecule has 2 aromatic carbocycles. The smallest absolute Gasteiger partial charge is 0.174 e. The molecule has 6 nitrogen and oxygen atoms in total. The van der Waals surface area contributed by atoms with Crippen molar-refractivity contribution in [1.82, 2.24) is 0 Å². The number of rotatable bonds is 5. The Morgan fingerprint density at radius 3 is 2.79 bits per heavy atom. The summed E-state index contributed by atoms with van der Waals surface area (Å²) >= 11 is 0. The first kappa shape index (κ1) is 17.9. The Kier molecular flexibility index (Phi) is 4.14. The molecular weight excluding hydrogens is 358 g/mol. The van der Waals surface area contributed by atoms with Crippen LogP contribution in [-0.4, -0.2) is 43.0 Å². The molecule has 0 unspecified atom stereocenters. The van der Waals surface area contributed by atoms with Gasteiger partial charge in [-0.3, -0.25) is 0 Å². The van der Waals surface area contributed by atoms with Crippen LogP contribution in [0.5, 0.6) is 5.75 Å². The molecule has 28 heavy (non-hydrogen) atoms. The van der Waals surface area contributed by atoms with Crippen LogP contribution in [0.3, 0.4) is 0 Å². The predicted octanol–water partition coefficient (Wildman–Crippen LogP) is 2.80. The van der Waals surface area contributed by atoms with Crippen molar-refractivity contribution >= 4 is 5.69 Å². The van der Waals surface area contributed by atoms with Crippen molar-refractivity contribution in [3.63, 3.8) is 0 Å². The first-order valence-corrected chi connectivity index (χ1v) is 9.65. The van der Waals surface area contributed by atoms with Gasteiger partial charge < -0.3 is 29.4 Å². The molecule has 2 N–H and O–H groups in total. The lowest BCUT2D eigenvalue weighted by molar-refractivity contribution is -0.187. The van der Waals surface area contributed by atoms with E-state index in [1.54, 1.807) is 7.11 Å². The second kappa shape index (κ2) is 6.46. The topological polar surface area (TPSA) is 69.2 Å². The van der Waals surface area contributed by atoms with E-state index in [-0.39, 0.29) is 12.4 Å². The molecule has 2 fully saturated rings. The van der Waals surface area contributed by atoms with Crippen molar-refractivity contribution in [2.75, 3.05) is 19.0 Å². The maximum Gasteiger partial charge on any atom is 0.174 e. The monoisotopic (exact) mass is 383 g/mol. The van der Waals surface area contributed by atoms with Gasteiger partial charge in [0.25, 0.3) is 0 Å². The third-order valence-corrected chi connectivity index (χ3v) is 6.33. The predicted molar refractivity (Wildman–Crippen MR) is 103 cm³/mol. The maximum atomic E-state index is 11.7. The normalized spacial score (nSPS) is 35.2. The standard InChI is InChI=1S/C22H25NO5/c1-21-11-19-27-18(13-26-12-14-6-4-3-5-7-14)20(28-19)22(21,24)23-17-9-8-15(25-2)10-16(17)21/h3-10,18-20,23-24H,11-13H2,1-2H3/t18-,19+,20+,21+,22-/m1/s1. The summed E-state index contributed by atoms with van der Waals surface area (Å²) in [5.74, 6) is 0.772. The number of nitrogens with one attached hydrogen (secondary N) is 1. The Bertz CT molecular complexity index is 874. The summed E-state index contributed by atoms with van der Waals surface area (Å²) in [6, 6.07) is 15.8. The number of benzene rings is 2. The van der Waals surface area contributed by atoms with Gasteiger partial charge in [-0.05, 0) is 29.3 Å². The molecule has 0 amide bonds. The van der Waals surface area contributed by atoms with Crippen LogP contribution in [0.15, 0.2) is 48.5 Å². The molecule has 0 aliphatic carbocycles. The number of ether oxygens (including phenoxy) is 4. The zero-order valence-electron chi connectivity index (χ0n) is 16.1. The van der Waals surface area contributed by atoms with E-state index in [9.17, 15) is 5.11 Å². The summed E-state index contributed by atoms with van der Waals surface area (Å²) in [7, 11) is 1.65. The summed E-state index contributed by atoms with van der Waals surface area (Å²) in [5, 5.41) is 15.0. The van der Waals surface area contributed by atoms with Crippen molar-refractivity contribution in [2.45, 2.75) is 49.6 Å². The van der Waals surface area contributed by atoms with E-state index >= 15 is 0 Å². The minimum absolute atomic E-state index is 0.343. The van der Waals surface area contributed by atoms with Gasteiger partial charge in [0.1, 0.15) is 18.0 Å². The van der Waals surface area contributed by atoms with Crippen LogP contribution in [0.1, 0.15) is 24.5 Å². The first-order valence-electron chi connectivity index (χ1n) is 9.65. The minimum atomic E-state index is -1.27. The Balaban J connectivity index is 1.37. The average molecular weight is 383 g/mol. The highest BCUT2D eigenvalue weighted by Gasteiger charge is 2.68. The molecule has 2 saturated heterocycles. The lowest BCUT2D eigenvalue weighted by Gasteiger charge is -2.46. The highest BCUT2D eigenvalue weighted by molar-refractivity contribution is 5.66. The van der Waals surface area contributed by atoms with E-state index in [2.05, 4.69) is 12.2 Å². The second-order valence-corrected chi connectivity index (χ2v) is 8.00. The molecule has 5 atom stereocenters. The summed E-state index contributed by atoms with van der Waals surface area (Å²) in [4.78, 5) is 0. The highest BCUT2D eigenvalue weighted by Crippen LogP contribution is 2.57. The fourth-order valence-electron chi connectivity index (χ4n) is 4.76. The van der Waals surface area contributed by atoms with E-state index in [1.165, 1.54) is 0 Å². The largest absolute Gasteiger partial charge is 0.497 e. The van der Waals surface area contributed by atoms with Gasteiger partial charge in [-0.2, -0.15) is 0 Å². The molecule has 3 aliphatic rings. The van der Waals surface area contributed by atoms with Crippen LogP contribution in [0, 0.1) is 0 Å². The van der Waals surface area contributed by atoms with E-state index in [1.807, 2.05) is 48.5 Å². The molecule has 3 heterocycles. The second-order valence-electron chi connectivity index (χ2n) is 8.00. The number of hydrogen-bond donors (Lipinski definition) is 2. The molecule has 0 aromatic heterocycles. The summed E-state index contributed by atoms with van der Waals surface area (Å²) < 4.78 is 23.4. The summed E-state index contributed by atoms with van der Waals surface area (Å²) in [5.41, 5.74) is 1.23. The van der Waals surface area contributed by atoms with Crippen LogP contribution in [0.2, 0.25) is 0 Å². The average Bonchev–Trinajstić information content (AvgIpc) is 3.18. The zero-order chi connectivity index (χ0) is 19.4. The third-order valence-electron chi connectivity index (χ3n) is 6.33. The first-order chi connectivity index (χ1) is 13.5. The van der Waals surface area contributed by atoms with E-state index in [4.69, 9.17) is 18.9 Å². The van der Waals surface area contributed by atoms with E-state index in [0.29, 0.717) is 19.6 Å². The molecule has 2 aromatic rings. The van der Waals surface area contributed by atoms with Crippen LogP contribution in [-0.2, 0) is 26.2 Å². The van der Waals surface area contributed by atoms with Crippen LogP contribution >= 0.6 is 0 Å². The van der Waals surface area contributed by atoms with Crippen molar-refractivity contribution < 1.29 is 24.1 Å². The number of anilines is 1. The van der Waals surface area contributed by atoms with Crippen LogP contribution in [0.4, 0.5) is 5.69 Å². The quantitative estimate of drug-likeness (QED) is 0.828. The van der Waals surface area contributed by atoms with Crippen LogP contribution in [0.25, 0.3) is 0 Å². The molecule has 6 heteroatoms. The van der Waals surface area contributed by atoms with Gasteiger partial charge in [0.15, 0.2) is 12.0 Å². The van der Waals surface area contributed by atoms with Gasteiger partial charge in [0.2, 0.25) is 0 Å². The molecule has 2 bridgehead atoms. The van der Waals surface area contributed by atoms with Gasteiger partial charge in [-0.15, -0.1) is 0 Å². The molecule has 148 valence electrons. The molecule has 3 aliphatic heterocycles. The van der Waals surface area contributed by atoms with Gasteiger partial charge in [-0.1, -0.05) is 37.3 Å². The number of fused-ring (bicyclic) bond motifs is 6. The highest BCUT2D eigenvalue weighted by atomic mass is 16.7. The molecule has 5 rings (SSSR count). The fourth-order valence-corrected chi connectivity index (χ4v) is 4.76. The fraction of sp³-hybridized carbons (Fsp3) is 0.455. The lowest BCUT2D eigenvalue weighted by atomic mass is 9.69. The Labute approximate surface area is 164 Å². The van der Waals surface area contributed by atoms with Gasteiger partial charge in [0.05, 0.1) is 20.3 Å². The minimum Gasteiger partial charge on any atom is -0.497 e. The Morgan fingerprint density at radius 1 is 1.18 bits per heavy atom. The third kappa shape index (κ3) is 2.56. The summed E-state index contributed by atoms with van der Waals surface area (Å²) in [6.07, 6.45) is -0.670. The van der Waals surface area contributed by atoms with Gasteiger partial charge in [-0.25, -0.2) is 0 Å². The number of methoxy groups -OCH3 is 1. The molecular formula is C22H25NO5. The van der Waals surface area contributed by atoms with Crippen molar-refractivity contribution in [3.05, 3.63) is 59.7 Å². The maximum absolute atomic E-state index is 11.7. The van der Waals surface area contributed by atoms with Crippen molar-refractivity contribution in [2.24, 2.45) is 0 Å². The Hall–Kier alpha value is -2.12. The van der Waals surface area contributed by atoms with Gasteiger partial charge >= 0.3 is 0 Å². The van der Waals surface area contributed by atoms with E-state index < -0.39 is 17.2 Å². The molecule has 0 saturated carbocycles. The van der Waals surface area contributed by atoms with Gasteiger partial charge in [0, 0.05) is 17.5 Å². The zero-order valence-corrected chi connectivity index (χ0v) is 16.1. The van der Waals surface area contributed by atoms with Crippen LogP contribution < -0.4 is 10.1 Å². The summed E-state index contributed by atoms with van der Waals surface area (Å²) in [6.45, 7) is 2.92. The van der Waals surface area contributed by atoms with Crippen molar-refractivity contribution in [1.29, 1.82) is 0 Å². The number of hydrogen-bond acceptors (Lipinski definition) is 6. The molecule has 0 radical (unpaired) electrons. The number of aliphatic hydroxyl groups is 1. The lowest BCUT2D eigenvalue weighted by Crippen LogP contribution is -2.64. The molecule has 0 spiro atoms. The SMILES string of the molecule is COc1ccc2c(c1)[C@]1(C)C[C@H]3O[C@H](COCc4ccccc4)[C@H](O3)[C@]1(O)N2. The van der Waals surface area contributed by atoms with Crippen molar-refractivity contribution in [3.8, 4) is 5.75 Å². The Morgan fingerprint density at radius 2 is 2.00 bits per heavy atom. The van der Waals surface area contributed by atoms with E-state index in [0.717, 1.165) is 22.6 Å².